The van der Waals surface area contributed by atoms with Crippen LogP contribution in [0.4, 0.5) is 0 Å². The average Bonchev–Trinajstić information content (AvgIpc) is 2.31. The summed E-state index contributed by atoms with van der Waals surface area (Å²) in [4.78, 5) is 0. The van der Waals surface area contributed by atoms with Gasteiger partial charge in [0.1, 0.15) is 0 Å². The maximum Gasteiger partial charge on any atom is 0.157 e. The van der Waals surface area contributed by atoms with E-state index in [-0.39, 0.29) is 11.5 Å². The van der Waals surface area contributed by atoms with E-state index in [0.29, 0.717) is 0 Å². The Morgan fingerprint density at radius 1 is 0.875 bits per heavy atom. The maximum atomic E-state index is 8.98. The van der Waals surface area contributed by atoms with Crippen molar-refractivity contribution >= 4 is 0 Å². The van der Waals surface area contributed by atoms with Crippen LogP contribution in [0.5, 0.6) is 11.5 Å². The number of aryl methyl sites for hydroxylation is 1. The van der Waals surface area contributed by atoms with Gasteiger partial charge in [-0.2, -0.15) is 0 Å². The molecular weight excluding hydrogens is 200 g/mol. The lowest BCUT2D eigenvalue weighted by Gasteiger charge is -1.98. The summed E-state index contributed by atoms with van der Waals surface area (Å²) in [6.07, 6.45) is 6.41. The third-order valence-electron chi connectivity index (χ3n) is 2.41. The van der Waals surface area contributed by atoms with Crippen molar-refractivity contribution in [2.45, 2.75) is 52.9 Å². The molecule has 2 heteroatoms. The summed E-state index contributed by atoms with van der Waals surface area (Å²) in [5.41, 5.74) is 1.02. The van der Waals surface area contributed by atoms with Gasteiger partial charge < -0.3 is 10.2 Å². The van der Waals surface area contributed by atoms with Gasteiger partial charge in [0.25, 0.3) is 0 Å². The molecule has 0 fully saturated rings. The molecule has 0 amide bonds. The summed E-state index contributed by atoms with van der Waals surface area (Å²) < 4.78 is 0. The summed E-state index contributed by atoms with van der Waals surface area (Å²) in [6, 6.07) is 4.85. The molecule has 0 unspecified atom stereocenters. The second-order valence-electron chi connectivity index (χ2n) is 3.88. The second kappa shape index (κ2) is 9.08. The molecule has 0 saturated heterocycles. The van der Waals surface area contributed by atoms with E-state index in [1.807, 2.05) is 6.92 Å². The van der Waals surface area contributed by atoms with Crippen molar-refractivity contribution in [1.29, 1.82) is 0 Å². The van der Waals surface area contributed by atoms with Crippen molar-refractivity contribution < 1.29 is 10.2 Å². The smallest absolute Gasteiger partial charge is 0.157 e. The van der Waals surface area contributed by atoms with Crippen molar-refractivity contribution in [1.82, 2.24) is 0 Å². The first-order valence-corrected chi connectivity index (χ1v) is 6.16. The first kappa shape index (κ1) is 14.8. The van der Waals surface area contributed by atoms with Crippen LogP contribution in [0.3, 0.4) is 0 Å². The highest BCUT2D eigenvalue weighted by Crippen LogP contribution is 2.24. The van der Waals surface area contributed by atoms with Gasteiger partial charge in [-0.15, -0.1) is 0 Å². The summed E-state index contributed by atoms with van der Waals surface area (Å²) in [5, 5.41) is 17.9. The summed E-state index contributed by atoms with van der Waals surface area (Å²) >= 11 is 0. The molecule has 2 N–H and O–H groups in total. The number of aromatic hydroxyl groups is 2. The number of unbranched alkanes of at least 4 members (excludes halogenated alkanes) is 3. The minimum atomic E-state index is -0.0581. The van der Waals surface area contributed by atoms with E-state index in [2.05, 4.69) is 13.8 Å². The molecule has 1 aromatic carbocycles. The van der Waals surface area contributed by atoms with Crippen LogP contribution in [0.1, 0.15) is 52.0 Å². The Hall–Kier alpha value is -1.18. The fraction of sp³-hybridized carbons (Fsp3) is 0.571. The van der Waals surface area contributed by atoms with Crippen LogP contribution < -0.4 is 0 Å². The first-order chi connectivity index (χ1) is 7.65. The van der Waals surface area contributed by atoms with Gasteiger partial charge in [0.05, 0.1) is 0 Å². The van der Waals surface area contributed by atoms with Crippen molar-refractivity contribution in [3.63, 3.8) is 0 Å². The second-order valence-corrected chi connectivity index (χ2v) is 3.88. The normalized spacial score (nSPS) is 9.44. The van der Waals surface area contributed by atoms with Crippen molar-refractivity contribution in [3.05, 3.63) is 23.8 Å². The summed E-state index contributed by atoms with van der Waals surface area (Å²) in [7, 11) is 0. The number of phenolic OH excluding ortho intramolecular Hbond substituents is 2. The zero-order valence-corrected chi connectivity index (χ0v) is 10.7. The Balaban J connectivity index is 0.000000325. The largest absolute Gasteiger partial charge is 0.504 e. The van der Waals surface area contributed by atoms with Crippen LogP contribution in [0.15, 0.2) is 18.2 Å². The first-order valence-electron chi connectivity index (χ1n) is 6.16. The Morgan fingerprint density at radius 3 is 1.81 bits per heavy atom. The lowest BCUT2D eigenvalue weighted by molar-refractivity contribution is 0.403. The van der Waals surface area contributed by atoms with Crippen LogP contribution in [0.2, 0.25) is 0 Å². The molecule has 2 nitrogen and oxygen atoms in total. The summed E-state index contributed by atoms with van der Waals surface area (Å²) in [6.45, 7) is 6.46. The highest BCUT2D eigenvalue weighted by Gasteiger charge is 1.97. The predicted octanol–water partition coefficient (Wildman–Crippen LogP) is 4.25. The molecule has 0 aliphatic rings. The molecule has 0 aliphatic heterocycles. The fourth-order valence-electron chi connectivity index (χ4n) is 1.29. The Morgan fingerprint density at radius 2 is 1.44 bits per heavy atom. The maximum absolute atomic E-state index is 8.98. The third-order valence-corrected chi connectivity index (χ3v) is 2.41. The van der Waals surface area contributed by atoms with Crippen molar-refractivity contribution in [2.75, 3.05) is 0 Å². The Labute approximate surface area is 98.9 Å². The predicted molar refractivity (Wildman–Crippen MR) is 69.0 cm³/mol. The van der Waals surface area contributed by atoms with Gasteiger partial charge in [0.15, 0.2) is 11.5 Å². The van der Waals surface area contributed by atoms with Crippen LogP contribution in [0, 0.1) is 0 Å². The van der Waals surface area contributed by atoms with Crippen molar-refractivity contribution in [3.8, 4) is 11.5 Å². The highest BCUT2D eigenvalue weighted by atomic mass is 16.3. The van der Waals surface area contributed by atoms with Crippen LogP contribution in [-0.2, 0) is 6.42 Å². The van der Waals surface area contributed by atoms with E-state index in [1.54, 1.807) is 12.1 Å². The molecule has 0 spiro atoms. The van der Waals surface area contributed by atoms with Gasteiger partial charge in [-0.25, -0.2) is 0 Å². The molecule has 0 saturated carbocycles. The van der Waals surface area contributed by atoms with E-state index in [9.17, 15) is 0 Å². The summed E-state index contributed by atoms with van der Waals surface area (Å²) in [5.74, 6) is -0.100. The van der Waals surface area contributed by atoms with E-state index < -0.39 is 0 Å². The lowest BCUT2D eigenvalue weighted by Crippen LogP contribution is -1.77. The zero-order chi connectivity index (χ0) is 12.4. The van der Waals surface area contributed by atoms with Crippen LogP contribution >= 0.6 is 0 Å². The molecule has 0 atom stereocenters. The molecule has 0 aromatic heterocycles. The third kappa shape index (κ3) is 6.33. The fourth-order valence-corrected chi connectivity index (χ4v) is 1.29. The van der Waals surface area contributed by atoms with Gasteiger partial charge in [-0.1, -0.05) is 52.5 Å². The van der Waals surface area contributed by atoms with E-state index in [0.717, 1.165) is 12.0 Å². The Kier molecular flexibility index (Phi) is 8.41. The highest BCUT2D eigenvalue weighted by molar-refractivity contribution is 5.40. The number of phenols is 2. The molecule has 0 heterocycles. The van der Waals surface area contributed by atoms with Gasteiger partial charge in [-0.3, -0.25) is 0 Å². The molecule has 0 bridgehead atoms. The molecule has 0 radical (unpaired) electrons. The molecule has 1 rings (SSSR count). The monoisotopic (exact) mass is 224 g/mol. The SMILES string of the molecule is CCCCCC.CCc1ccc(O)c(O)c1. The quantitative estimate of drug-likeness (QED) is 0.593. The number of hydrogen-bond donors (Lipinski definition) is 2. The number of rotatable bonds is 4. The number of benzene rings is 1. The average molecular weight is 224 g/mol. The minimum Gasteiger partial charge on any atom is -0.504 e. The molecular formula is C14H24O2. The van der Waals surface area contributed by atoms with Crippen LogP contribution in [0.25, 0.3) is 0 Å². The van der Waals surface area contributed by atoms with Crippen LogP contribution in [-0.4, -0.2) is 10.2 Å². The molecule has 0 aliphatic carbocycles. The Bertz CT molecular complexity index is 278. The van der Waals surface area contributed by atoms with Crippen molar-refractivity contribution in [2.24, 2.45) is 0 Å². The van der Waals surface area contributed by atoms with Gasteiger partial charge in [0.2, 0.25) is 0 Å². The van der Waals surface area contributed by atoms with E-state index >= 15 is 0 Å². The standard InChI is InChI=1S/C8H10O2.C6H14/c1-2-6-3-4-7(9)8(10)5-6;1-3-5-6-4-2/h3-5,9-10H,2H2,1H3;3-6H2,1-2H3. The minimum absolute atomic E-state index is 0.0423. The lowest BCUT2D eigenvalue weighted by atomic mass is 10.1. The molecule has 16 heavy (non-hydrogen) atoms. The molecule has 1 aromatic rings. The molecule has 92 valence electrons. The van der Waals surface area contributed by atoms with Gasteiger partial charge in [-0.05, 0) is 24.1 Å². The zero-order valence-electron chi connectivity index (χ0n) is 10.7. The topological polar surface area (TPSA) is 40.5 Å². The van der Waals surface area contributed by atoms with E-state index in [4.69, 9.17) is 10.2 Å². The van der Waals surface area contributed by atoms with E-state index in [1.165, 1.54) is 31.7 Å². The van der Waals surface area contributed by atoms with Gasteiger partial charge >= 0.3 is 0 Å². The van der Waals surface area contributed by atoms with Gasteiger partial charge in [0, 0.05) is 0 Å². The number of hydrogen-bond acceptors (Lipinski definition) is 2.